The molecule has 0 radical (unpaired) electrons. The number of benzene rings is 1. The van der Waals surface area contributed by atoms with Crippen molar-refractivity contribution in [1.82, 2.24) is 19.8 Å². The van der Waals surface area contributed by atoms with Crippen molar-refractivity contribution in [3.05, 3.63) is 59.2 Å². The van der Waals surface area contributed by atoms with Crippen molar-refractivity contribution in [3.8, 4) is 6.07 Å². The summed E-state index contributed by atoms with van der Waals surface area (Å²) in [5.41, 5.74) is 5.10. The first-order chi connectivity index (χ1) is 18.5. The Kier molecular flexibility index (Phi) is 5.78. The second-order valence-corrected chi connectivity index (χ2v) is 11.0. The molecule has 3 aromatic rings. The van der Waals surface area contributed by atoms with Crippen LogP contribution in [0.5, 0.6) is 0 Å². The number of hydrogen-bond acceptors (Lipinski definition) is 8. The van der Waals surface area contributed by atoms with Crippen molar-refractivity contribution in [2.75, 3.05) is 68.7 Å². The predicted molar refractivity (Wildman–Crippen MR) is 141 cm³/mol. The SMILES string of the molecule is CC1CN(c2ccc(C#N)n3ncc(F)c23)CC(CN2CC3(C2)OCc2cc(N4CCNCC4)ccc23)O1. The van der Waals surface area contributed by atoms with Crippen LogP contribution < -0.4 is 15.1 Å². The quantitative estimate of drug-likeness (QED) is 0.564. The van der Waals surface area contributed by atoms with Gasteiger partial charge in [-0.15, -0.1) is 0 Å². The summed E-state index contributed by atoms with van der Waals surface area (Å²) in [7, 11) is 0. The number of anilines is 2. The maximum Gasteiger partial charge on any atom is 0.171 e. The van der Waals surface area contributed by atoms with E-state index in [1.54, 1.807) is 6.07 Å². The van der Waals surface area contributed by atoms with Crippen LogP contribution >= 0.6 is 0 Å². The molecule has 1 aromatic carbocycles. The molecule has 10 heteroatoms. The second kappa shape index (κ2) is 9.20. The molecule has 0 saturated carbocycles. The third-order valence-corrected chi connectivity index (χ3v) is 8.36. The summed E-state index contributed by atoms with van der Waals surface area (Å²) in [4.78, 5) is 7.00. The highest BCUT2D eigenvalue weighted by Gasteiger charge is 2.50. The van der Waals surface area contributed by atoms with Gasteiger partial charge in [-0.2, -0.15) is 10.4 Å². The van der Waals surface area contributed by atoms with Gasteiger partial charge >= 0.3 is 0 Å². The molecule has 9 nitrogen and oxygen atoms in total. The summed E-state index contributed by atoms with van der Waals surface area (Å²) < 4.78 is 28.8. The van der Waals surface area contributed by atoms with E-state index in [0.717, 1.165) is 51.5 Å². The number of aromatic nitrogens is 2. The van der Waals surface area contributed by atoms with Crippen molar-refractivity contribution in [1.29, 1.82) is 5.26 Å². The van der Waals surface area contributed by atoms with Gasteiger partial charge in [0.05, 0.1) is 30.7 Å². The lowest BCUT2D eigenvalue weighted by molar-refractivity contribution is -0.155. The number of rotatable bonds is 4. The topological polar surface area (TPSA) is 81.3 Å². The van der Waals surface area contributed by atoms with Crippen LogP contribution in [0.15, 0.2) is 36.5 Å². The lowest BCUT2D eigenvalue weighted by Crippen LogP contribution is -2.62. The smallest absolute Gasteiger partial charge is 0.171 e. The molecular weight excluding hydrogens is 485 g/mol. The number of morpholine rings is 1. The molecule has 0 aliphatic carbocycles. The van der Waals surface area contributed by atoms with Crippen LogP contribution in [0.2, 0.25) is 0 Å². The first-order valence-electron chi connectivity index (χ1n) is 13.5. The maximum atomic E-state index is 14.7. The zero-order valence-electron chi connectivity index (χ0n) is 21.6. The van der Waals surface area contributed by atoms with Crippen LogP contribution in [0.1, 0.15) is 23.7 Å². The number of pyridine rings is 1. The second-order valence-electron chi connectivity index (χ2n) is 11.0. The Balaban J connectivity index is 1.04. The van der Waals surface area contributed by atoms with Crippen molar-refractivity contribution >= 4 is 16.9 Å². The Morgan fingerprint density at radius 2 is 2.00 bits per heavy atom. The van der Waals surface area contributed by atoms with Gasteiger partial charge in [0, 0.05) is 64.6 Å². The number of nitrogens with zero attached hydrogens (tertiary/aromatic N) is 6. The zero-order chi connectivity index (χ0) is 25.9. The van der Waals surface area contributed by atoms with E-state index in [-0.39, 0.29) is 17.8 Å². The molecule has 198 valence electrons. The molecule has 1 spiro atoms. The normalized spacial score (nSPS) is 25.0. The van der Waals surface area contributed by atoms with Crippen LogP contribution in [-0.2, 0) is 21.7 Å². The van der Waals surface area contributed by atoms with Gasteiger partial charge < -0.3 is 24.6 Å². The van der Waals surface area contributed by atoms with E-state index in [2.05, 4.69) is 56.3 Å². The molecule has 38 heavy (non-hydrogen) atoms. The summed E-state index contributed by atoms with van der Waals surface area (Å²) in [5, 5.41) is 16.9. The van der Waals surface area contributed by atoms with Gasteiger partial charge in [0.1, 0.15) is 22.9 Å². The van der Waals surface area contributed by atoms with E-state index in [4.69, 9.17) is 9.47 Å². The standard InChI is InChI=1S/C28H32FN7O2/c1-19-13-35(26-5-3-22(11-30)36-27(26)25(29)12-32-36)15-23(38-19)14-33-17-28(18-33)24-4-2-21(10-20(24)16-37-28)34-8-6-31-7-9-34/h2-5,10,12,19,23,31H,6-9,13-18H2,1H3. The van der Waals surface area contributed by atoms with Crippen LogP contribution in [0.4, 0.5) is 15.8 Å². The summed E-state index contributed by atoms with van der Waals surface area (Å²) in [6.45, 7) is 10.6. The molecule has 3 fully saturated rings. The van der Waals surface area contributed by atoms with E-state index in [0.29, 0.717) is 30.9 Å². The van der Waals surface area contributed by atoms with Crippen LogP contribution in [-0.4, -0.2) is 85.6 Å². The maximum absolute atomic E-state index is 14.7. The Morgan fingerprint density at radius 1 is 1.16 bits per heavy atom. The average Bonchev–Trinajstić information content (AvgIpc) is 3.49. The molecule has 0 bridgehead atoms. The van der Waals surface area contributed by atoms with Gasteiger partial charge in [0.15, 0.2) is 5.82 Å². The third kappa shape index (κ3) is 3.93. The minimum Gasteiger partial charge on any atom is -0.370 e. The third-order valence-electron chi connectivity index (χ3n) is 8.36. The molecule has 7 rings (SSSR count). The van der Waals surface area contributed by atoms with Crippen molar-refractivity contribution in [2.24, 2.45) is 0 Å². The van der Waals surface area contributed by atoms with Crippen molar-refractivity contribution < 1.29 is 13.9 Å². The van der Waals surface area contributed by atoms with E-state index < -0.39 is 5.82 Å². The summed E-state index contributed by atoms with van der Waals surface area (Å²) >= 11 is 0. The van der Waals surface area contributed by atoms with Gasteiger partial charge in [0.2, 0.25) is 0 Å². The summed E-state index contributed by atoms with van der Waals surface area (Å²) in [6.07, 6.45) is 1.15. The highest BCUT2D eigenvalue weighted by molar-refractivity contribution is 5.74. The van der Waals surface area contributed by atoms with Crippen molar-refractivity contribution in [2.45, 2.75) is 31.3 Å². The molecule has 2 unspecified atom stereocenters. The summed E-state index contributed by atoms with van der Waals surface area (Å²) in [6, 6.07) is 12.5. The first kappa shape index (κ1) is 23.9. The van der Waals surface area contributed by atoms with E-state index >= 15 is 0 Å². The number of nitriles is 1. The van der Waals surface area contributed by atoms with E-state index in [1.165, 1.54) is 27.5 Å². The van der Waals surface area contributed by atoms with Gasteiger partial charge in [-0.05, 0) is 42.3 Å². The lowest BCUT2D eigenvalue weighted by Gasteiger charge is -2.50. The molecule has 3 saturated heterocycles. The van der Waals surface area contributed by atoms with E-state index in [9.17, 15) is 9.65 Å². The van der Waals surface area contributed by atoms with Gasteiger partial charge in [-0.1, -0.05) is 6.07 Å². The number of fused-ring (bicyclic) bond motifs is 3. The lowest BCUT2D eigenvalue weighted by atomic mass is 9.85. The van der Waals surface area contributed by atoms with Gasteiger partial charge in [0.25, 0.3) is 0 Å². The van der Waals surface area contributed by atoms with Gasteiger partial charge in [-0.25, -0.2) is 8.91 Å². The average molecular weight is 518 g/mol. The molecule has 2 aromatic heterocycles. The Bertz CT molecular complexity index is 1410. The monoisotopic (exact) mass is 517 g/mol. The Labute approximate surface area is 221 Å². The number of nitrogens with one attached hydrogen (secondary N) is 1. The minimum absolute atomic E-state index is 0.00229. The van der Waals surface area contributed by atoms with Crippen LogP contribution in [0.25, 0.3) is 5.52 Å². The summed E-state index contributed by atoms with van der Waals surface area (Å²) in [5.74, 6) is -0.422. The fraction of sp³-hybridized carbons (Fsp3) is 0.500. The fourth-order valence-corrected chi connectivity index (χ4v) is 6.64. The number of ether oxygens (including phenoxy) is 2. The number of halogens is 1. The van der Waals surface area contributed by atoms with E-state index in [1.807, 2.05) is 6.07 Å². The van der Waals surface area contributed by atoms with Crippen molar-refractivity contribution in [3.63, 3.8) is 0 Å². The zero-order valence-corrected chi connectivity index (χ0v) is 21.6. The molecular formula is C28H32FN7O2. The largest absolute Gasteiger partial charge is 0.370 e. The molecule has 1 N–H and O–H groups in total. The molecule has 6 heterocycles. The Hall–Kier alpha value is -3.23. The number of piperazine rings is 1. The number of hydrogen-bond donors (Lipinski definition) is 1. The molecule has 4 aliphatic heterocycles. The Morgan fingerprint density at radius 3 is 2.82 bits per heavy atom. The minimum atomic E-state index is -0.422. The van der Waals surface area contributed by atoms with Crippen LogP contribution in [0, 0.1) is 17.1 Å². The molecule has 4 aliphatic rings. The van der Waals surface area contributed by atoms with Crippen LogP contribution in [0.3, 0.4) is 0 Å². The predicted octanol–water partition coefficient (Wildman–Crippen LogP) is 2.09. The molecule has 2 atom stereocenters. The molecule has 0 amide bonds. The fourth-order valence-electron chi connectivity index (χ4n) is 6.64. The highest BCUT2D eigenvalue weighted by Crippen LogP contribution is 2.44. The first-order valence-corrected chi connectivity index (χ1v) is 13.5. The van der Waals surface area contributed by atoms with Gasteiger partial charge in [-0.3, -0.25) is 4.90 Å². The highest BCUT2D eigenvalue weighted by atomic mass is 19.1. The number of likely N-dealkylation sites (tertiary alicyclic amines) is 1.